The van der Waals surface area contributed by atoms with E-state index < -0.39 is 30.1 Å². The molecule has 0 aromatic heterocycles. The molecule has 3 heterocycles. The van der Waals surface area contributed by atoms with E-state index in [1.807, 2.05) is 71.1 Å². The van der Waals surface area contributed by atoms with Crippen LogP contribution in [0.2, 0.25) is 0 Å². The molecule has 3 rings (SSSR count). The number of carbonyl (C=O) groups excluding carboxylic acids is 1. The Morgan fingerprint density at radius 3 is 2.37 bits per heavy atom. The van der Waals surface area contributed by atoms with Crippen LogP contribution in [0.3, 0.4) is 0 Å². The maximum Gasteiger partial charge on any atom is 0.225 e. The van der Waals surface area contributed by atoms with Crippen LogP contribution in [0.5, 0.6) is 0 Å². The minimum Gasteiger partial charge on any atom is -0.393 e. The maximum absolute atomic E-state index is 12.9. The number of nitrogens with one attached hydrogen (secondary N) is 1. The van der Waals surface area contributed by atoms with Crippen LogP contribution in [0.15, 0.2) is 48.1 Å². The van der Waals surface area contributed by atoms with Gasteiger partial charge in [-0.2, -0.15) is 0 Å². The molecule has 3 fully saturated rings. The lowest BCUT2D eigenvalue weighted by Gasteiger charge is -2.56. The first-order valence-electron chi connectivity index (χ1n) is 20.4. The number of aliphatic hydroxyl groups is 4. The van der Waals surface area contributed by atoms with Gasteiger partial charge in [0.15, 0.2) is 0 Å². The highest BCUT2D eigenvalue weighted by molar-refractivity contribution is 5.80. The first kappa shape index (κ1) is 44.6. The fourth-order valence-electron chi connectivity index (χ4n) is 8.72. The standard InChI is InChI=1S/C44H75NO7/c1-12-34-25-30(6)44(45-42(34)50)33(9)40(49)32(8)39(51-44)26-38(48)29(5)20-16-13-15-19-28(4)36(46)21-17-14-18-22-37(47)31(7)41-35(27(2)3)23-24-43(10,11)52-41/h13-15,17-19,22,27,29-41,46-49H,12,16,20-21,23-26H2,1-11H3,(H,45,50)/b15-13+,17-14+,22-18+,28-19+. The molecular weight excluding hydrogens is 654 g/mol. The summed E-state index contributed by atoms with van der Waals surface area (Å²) in [7, 11) is 0. The Hall–Kier alpha value is -1.81. The van der Waals surface area contributed by atoms with Crippen molar-refractivity contribution >= 4 is 5.91 Å². The maximum atomic E-state index is 12.9. The third kappa shape index (κ3) is 11.4. The van der Waals surface area contributed by atoms with Crippen LogP contribution in [-0.2, 0) is 14.3 Å². The van der Waals surface area contributed by atoms with Crippen molar-refractivity contribution in [1.29, 1.82) is 0 Å². The van der Waals surface area contributed by atoms with E-state index >= 15 is 0 Å². The molecule has 1 spiro atoms. The van der Waals surface area contributed by atoms with Crippen molar-refractivity contribution in [3.8, 4) is 0 Å². The topological polar surface area (TPSA) is 128 Å². The van der Waals surface area contributed by atoms with E-state index in [1.165, 1.54) is 0 Å². The Bertz CT molecular complexity index is 1240. The van der Waals surface area contributed by atoms with E-state index in [9.17, 15) is 25.2 Å². The van der Waals surface area contributed by atoms with Crippen LogP contribution in [-0.4, -0.2) is 74.3 Å². The highest BCUT2D eigenvalue weighted by Gasteiger charge is 2.57. The molecule has 0 saturated carbocycles. The average Bonchev–Trinajstić information content (AvgIpc) is 3.09. The highest BCUT2D eigenvalue weighted by Crippen LogP contribution is 2.46. The summed E-state index contributed by atoms with van der Waals surface area (Å²) >= 11 is 0. The average molecular weight is 730 g/mol. The van der Waals surface area contributed by atoms with Crippen LogP contribution in [0.1, 0.15) is 128 Å². The van der Waals surface area contributed by atoms with Crippen molar-refractivity contribution in [3.05, 3.63) is 48.1 Å². The molecule has 3 aliphatic heterocycles. The number of hydrogen-bond acceptors (Lipinski definition) is 7. The molecule has 3 aliphatic rings. The van der Waals surface area contributed by atoms with Crippen molar-refractivity contribution in [2.75, 3.05) is 0 Å². The van der Waals surface area contributed by atoms with Gasteiger partial charge in [-0.3, -0.25) is 4.79 Å². The van der Waals surface area contributed by atoms with E-state index in [-0.39, 0.29) is 59.2 Å². The number of amides is 1. The fraction of sp³-hybridized carbons (Fsp3) is 0.795. The Kier molecular flexibility index (Phi) is 16.9. The monoisotopic (exact) mass is 730 g/mol. The predicted molar refractivity (Wildman–Crippen MR) is 210 cm³/mol. The smallest absolute Gasteiger partial charge is 0.225 e. The number of carbonyl (C=O) groups is 1. The van der Waals surface area contributed by atoms with E-state index in [2.05, 4.69) is 52.9 Å². The molecule has 298 valence electrons. The normalized spacial score (nSPS) is 36.1. The van der Waals surface area contributed by atoms with Crippen LogP contribution in [0.25, 0.3) is 0 Å². The molecule has 8 heteroatoms. The van der Waals surface area contributed by atoms with E-state index in [1.54, 1.807) is 0 Å². The van der Waals surface area contributed by atoms with Crippen molar-refractivity contribution in [3.63, 3.8) is 0 Å². The molecule has 14 unspecified atom stereocenters. The number of ether oxygens (including phenoxy) is 2. The zero-order valence-electron chi connectivity index (χ0n) is 34.3. The van der Waals surface area contributed by atoms with Gasteiger partial charge in [0.1, 0.15) is 5.72 Å². The van der Waals surface area contributed by atoms with Crippen LogP contribution >= 0.6 is 0 Å². The van der Waals surface area contributed by atoms with Gasteiger partial charge < -0.3 is 35.2 Å². The summed E-state index contributed by atoms with van der Waals surface area (Å²) in [5.74, 6) is 0.520. The minimum atomic E-state index is -0.924. The van der Waals surface area contributed by atoms with Gasteiger partial charge in [-0.15, -0.1) is 0 Å². The number of piperidine rings is 1. The summed E-state index contributed by atoms with van der Waals surface area (Å²) in [6.07, 6.45) is 16.7. The van der Waals surface area contributed by atoms with Gasteiger partial charge in [0.2, 0.25) is 5.91 Å². The lowest BCUT2D eigenvalue weighted by molar-refractivity contribution is -0.267. The fourth-order valence-corrected chi connectivity index (χ4v) is 8.72. The third-order valence-corrected chi connectivity index (χ3v) is 12.9. The van der Waals surface area contributed by atoms with E-state index in [4.69, 9.17) is 9.47 Å². The van der Waals surface area contributed by atoms with Crippen LogP contribution in [0, 0.1) is 47.3 Å². The molecule has 14 atom stereocenters. The van der Waals surface area contributed by atoms with Crippen LogP contribution in [0.4, 0.5) is 0 Å². The lowest BCUT2D eigenvalue weighted by atomic mass is 9.69. The predicted octanol–water partition coefficient (Wildman–Crippen LogP) is 7.66. The molecule has 0 radical (unpaired) electrons. The van der Waals surface area contributed by atoms with E-state index in [0.717, 1.165) is 44.1 Å². The quantitative estimate of drug-likeness (QED) is 0.103. The Morgan fingerprint density at radius 2 is 1.71 bits per heavy atom. The molecular formula is C44H75NO7. The van der Waals surface area contributed by atoms with Crippen LogP contribution < -0.4 is 5.32 Å². The summed E-state index contributed by atoms with van der Waals surface area (Å²) in [5, 5.41) is 47.1. The zero-order chi connectivity index (χ0) is 39.0. The van der Waals surface area contributed by atoms with Crippen molar-refractivity contribution in [2.45, 2.75) is 175 Å². The number of aliphatic hydroxyl groups excluding tert-OH is 4. The summed E-state index contributed by atoms with van der Waals surface area (Å²) in [5.41, 5.74) is -0.228. The highest BCUT2D eigenvalue weighted by atomic mass is 16.5. The zero-order valence-corrected chi connectivity index (χ0v) is 34.3. The summed E-state index contributed by atoms with van der Waals surface area (Å²) < 4.78 is 13.1. The largest absolute Gasteiger partial charge is 0.393 e. The second kappa shape index (κ2) is 19.7. The Balaban J connectivity index is 1.44. The van der Waals surface area contributed by atoms with Crippen molar-refractivity contribution in [1.82, 2.24) is 5.32 Å². The van der Waals surface area contributed by atoms with Crippen molar-refractivity contribution in [2.24, 2.45) is 47.3 Å². The van der Waals surface area contributed by atoms with Gasteiger partial charge in [-0.25, -0.2) is 0 Å². The molecule has 0 aromatic rings. The lowest BCUT2D eigenvalue weighted by Crippen LogP contribution is -2.71. The third-order valence-electron chi connectivity index (χ3n) is 12.9. The van der Waals surface area contributed by atoms with Gasteiger partial charge in [0.05, 0.1) is 42.2 Å². The summed E-state index contributed by atoms with van der Waals surface area (Å²) in [4.78, 5) is 12.9. The molecule has 3 saturated heterocycles. The molecule has 0 aliphatic carbocycles. The Morgan fingerprint density at radius 1 is 1.02 bits per heavy atom. The summed E-state index contributed by atoms with van der Waals surface area (Å²) in [6, 6.07) is 0. The second-order valence-corrected chi connectivity index (χ2v) is 17.7. The van der Waals surface area contributed by atoms with Gasteiger partial charge in [0, 0.05) is 36.0 Å². The summed E-state index contributed by atoms with van der Waals surface area (Å²) in [6.45, 7) is 22.8. The molecule has 5 N–H and O–H groups in total. The Labute approximate surface area is 316 Å². The number of hydrogen-bond donors (Lipinski definition) is 5. The van der Waals surface area contributed by atoms with E-state index in [0.29, 0.717) is 24.7 Å². The first-order chi connectivity index (χ1) is 24.3. The van der Waals surface area contributed by atoms with Gasteiger partial charge in [-0.1, -0.05) is 97.9 Å². The van der Waals surface area contributed by atoms with Gasteiger partial charge in [0.25, 0.3) is 0 Å². The first-order valence-corrected chi connectivity index (χ1v) is 20.4. The molecule has 0 aromatic carbocycles. The second-order valence-electron chi connectivity index (χ2n) is 17.7. The number of allylic oxidation sites excluding steroid dienone is 5. The molecule has 1 amide bonds. The molecule has 8 nitrogen and oxygen atoms in total. The SMILES string of the molecule is CCC1CC(C)C2(NC1=O)OC(CC(O)C(C)CC/C=C/C=C(\C)C(O)C/C=C/C=C/C(O)C(C)C1OC(C)(C)CCC1C(C)C)C(C)C(O)C2C. The van der Waals surface area contributed by atoms with Gasteiger partial charge in [-0.05, 0) is 89.0 Å². The minimum absolute atomic E-state index is 0.00908. The van der Waals surface area contributed by atoms with Crippen molar-refractivity contribution < 1.29 is 34.7 Å². The van der Waals surface area contributed by atoms with Gasteiger partial charge >= 0.3 is 0 Å². The number of rotatable bonds is 16. The molecule has 52 heavy (non-hydrogen) atoms. The molecule has 0 bridgehead atoms.